The first-order chi connectivity index (χ1) is 4.30. The Bertz CT molecular complexity index is 167. The van der Waals surface area contributed by atoms with Crippen molar-refractivity contribution in [3.63, 3.8) is 0 Å². The molecule has 0 heterocycles. The summed E-state index contributed by atoms with van der Waals surface area (Å²) in [5, 5.41) is 0. The van der Waals surface area contributed by atoms with Crippen molar-refractivity contribution in [2.24, 2.45) is 0 Å². The quantitative estimate of drug-likeness (QED) is 0.538. The van der Waals surface area contributed by atoms with E-state index in [1.54, 1.807) is 24.3 Å². The van der Waals surface area contributed by atoms with Gasteiger partial charge in [0.2, 0.25) is 0 Å². The van der Waals surface area contributed by atoms with Gasteiger partial charge in [0.05, 0.1) is 0 Å². The van der Waals surface area contributed by atoms with Crippen LogP contribution in [-0.2, 0) is 0 Å². The van der Waals surface area contributed by atoms with Gasteiger partial charge in [-0.2, -0.15) is 0 Å². The molecule has 1 radical (unpaired) electrons. The van der Waals surface area contributed by atoms with Crippen molar-refractivity contribution in [3.8, 4) is 0 Å². The number of halogens is 1. The first kappa shape index (κ1) is 6.27. The van der Waals surface area contributed by atoms with Gasteiger partial charge in [-0.05, 0) is 24.6 Å². The van der Waals surface area contributed by atoms with Crippen LogP contribution < -0.4 is 0 Å². The van der Waals surface area contributed by atoms with E-state index in [1.807, 2.05) is 0 Å². The Hall–Kier alpha value is -0.850. The fourth-order valence-corrected chi connectivity index (χ4v) is 0.655. The van der Waals surface area contributed by atoms with Crippen molar-refractivity contribution in [2.75, 3.05) is 0 Å². The van der Waals surface area contributed by atoms with E-state index in [9.17, 15) is 4.39 Å². The molecule has 0 fully saturated rings. The van der Waals surface area contributed by atoms with Crippen LogP contribution in [0.25, 0.3) is 0 Å². The zero-order valence-corrected chi connectivity index (χ0v) is 5.26. The standard InChI is InChI=1S/C8H8F/c1-7(9)8-5-3-2-4-6-8/h2-3,5-7H,1H3/t7-/m1/s1. The Kier molecular flexibility index (Phi) is 1.83. The molecule has 0 aromatic heterocycles. The van der Waals surface area contributed by atoms with Crippen LogP contribution in [0.3, 0.4) is 0 Å². The molecule has 0 saturated carbocycles. The largest absolute Gasteiger partial charge is 0.243 e. The average Bonchev–Trinajstić information content (AvgIpc) is 1.90. The van der Waals surface area contributed by atoms with E-state index < -0.39 is 6.17 Å². The molecule has 1 aromatic carbocycles. The molecule has 0 amide bonds. The van der Waals surface area contributed by atoms with Gasteiger partial charge in [0.15, 0.2) is 0 Å². The summed E-state index contributed by atoms with van der Waals surface area (Å²) in [7, 11) is 0. The minimum atomic E-state index is -0.873. The molecule has 0 aliphatic carbocycles. The van der Waals surface area contributed by atoms with Gasteiger partial charge in [0, 0.05) is 0 Å². The van der Waals surface area contributed by atoms with E-state index in [4.69, 9.17) is 0 Å². The lowest BCUT2D eigenvalue weighted by atomic mass is 10.1. The van der Waals surface area contributed by atoms with Crippen molar-refractivity contribution >= 4 is 0 Å². The highest BCUT2D eigenvalue weighted by molar-refractivity contribution is 5.15. The molecule has 0 aliphatic rings. The third-order valence-electron chi connectivity index (χ3n) is 1.19. The normalized spacial score (nSPS) is 13.1. The summed E-state index contributed by atoms with van der Waals surface area (Å²) in [4.78, 5) is 0. The molecule has 0 spiro atoms. The van der Waals surface area contributed by atoms with Crippen molar-refractivity contribution in [1.82, 2.24) is 0 Å². The van der Waals surface area contributed by atoms with Crippen molar-refractivity contribution in [1.29, 1.82) is 0 Å². The van der Waals surface area contributed by atoms with Crippen molar-refractivity contribution < 1.29 is 4.39 Å². The molecule has 1 heteroatoms. The second-order valence-corrected chi connectivity index (χ2v) is 1.95. The summed E-state index contributed by atoms with van der Waals surface area (Å²) in [6.07, 6.45) is -0.873. The maximum atomic E-state index is 12.4. The molecule has 1 rings (SSSR count). The number of benzene rings is 1. The predicted octanol–water partition coefficient (Wildman–Crippen LogP) is 2.52. The maximum Gasteiger partial charge on any atom is 0.122 e. The van der Waals surface area contributed by atoms with Crippen molar-refractivity contribution in [3.05, 3.63) is 35.9 Å². The van der Waals surface area contributed by atoms with E-state index in [-0.39, 0.29) is 0 Å². The lowest BCUT2D eigenvalue weighted by molar-refractivity contribution is 0.374. The van der Waals surface area contributed by atoms with Gasteiger partial charge < -0.3 is 0 Å². The molecule has 1 aromatic rings. The third kappa shape index (κ3) is 1.53. The topological polar surface area (TPSA) is 0 Å². The van der Waals surface area contributed by atoms with Crippen molar-refractivity contribution in [2.45, 2.75) is 13.1 Å². The first-order valence-corrected chi connectivity index (χ1v) is 2.91. The molecule has 0 aliphatic heterocycles. The molecular weight excluding hydrogens is 115 g/mol. The summed E-state index contributed by atoms with van der Waals surface area (Å²) in [6.45, 7) is 1.52. The molecule has 0 nitrogen and oxygen atoms in total. The molecule has 0 bridgehead atoms. The molecule has 0 unspecified atom stereocenters. The summed E-state index contributed by atoms with van der Waals surface area (Å²) in [6, 6.07) is 9.75. The van der Waals surface area contributed by atoms with Crippen LogP contribution in [0.5, 0.6) is 0 Å². The highest BCUT2D eigenvalue weighted by Gasteiger charge is 1.98. The average molecular weight is 123 g/mol. The van der Waals surface area contributed by atoms with E-state index in [2.05, 4.69) is 6.07 Å². The third-order valence-corrected chi connectivity index (χ3v) is 1.19. The summed E-state index contributed by atoms with van der Waals surface area (Å²) in [5.41, 5.74) is 0.692. The zero-order valence-electron chi connectivity index (χ0n) is 5.26. The van der Waals surface area contributed by atoms with Crippen LogP contribution in [0.15, 0.2) is 24.3 Å². The Morgan fingerprint density at radius 2 is 2.44 bits per heavy atom. The first-order valence-electron chi connectivity index (χ1n) is 2.91. The molecule has 9 heavy (non-hydrogen) atoms. The number of rotatable bonds is 1. The SMILES string of the molecule is C[C@@H](F)c1c[c]ccc1. The van der Waals surface area contributed by atoms with Gasteiger partial charge in [0.1, 0.15) is 6.17 Å². The Balaban J connectivity index is 2.85. The zero-order chi connectivity index (χ0) is 6.69. The molecule has 1 atom stereocenters. The van der Waals surface area contributed by atoms with E-state index in [1.165, 1.54) is 6.92 Å². The van der Waals surface area contributed by atoms with Crippen LogP contribution in [-0.4, -0.2) is 0 Å². The van der Waals surface area contributed by atoms with Gasteiger partial charge >= 0.3 is 0 Å². The minimum Gasteiger partial charge on any atom is -0.243 e. The van der Waals surface area contributed by atoms with Gasteiger partial charge in [0.25, 0.3) is 0 Å². The predicted molar refractivity (Wildman–Crippen MR) is 34.8 cm³/mol. The highest BCUT2D eigenvalue weighted by Crippen LogP contribution is 2.13. The van der Waals surface area contributed by atoms with Gasteiger partial charge in [-0.1, -0.05) is 18.2 Å². The second kappa shape index (κ2) is 2.62. The summed E-state index contributed by atoms with van der Waals surface area (Å²) >= 11 is 0. The molecular formula is C8H8F. The molecule has 47 valence electrons. The number of alkyl halides is 1. The van der Waals surface area contributed by atoms with Gasteiger partial charge in [-0.3, -0.25) is 0 Å². The number of hydrogen-bond donors (Lipinski definition) is 0. The fourth-order valence-electron chi connectivity index (χ4n) is 0.655. The Morgan fingerprint density at radius 1 is 1.67 bits per heavy atom. The van der Waals surface area contributed by atoms with Crippen LogP contribution in [0, 0.1) is 6.07 Å². The Labute approximate surface area is 54.3 Å². The smallest absolute Gasteiger partial charge is 0.122 e. The fraction of sp³-hybridized carbons (Fsp3) is 0.250. The van der Waals surface area contributed by atoms with Crippen LogP contribution >= 0.6 is 0 Å². The monoisotopic (exact) mass is 123 g/mol. The van der Waals surface area contributed by atoms with Gasteiger partial charge in [-0.25, -0.2) is 4.39 Å². The van der Waals surface area contributed by atoms with E-state index >= 15 is 0 Å². The lowest BCUT2D eigenvalue weighted by Gasteiger charge is -1.97. The van der Waals surface area contributed by atoms with E-state index in [0.717, 1.165) is 0 Å². The lowest BCUT2D eigenvalue weighted by Crippen LogP contribution is -1.81. The summed E-state index contributed by atoms with van der Waals surface area (Å²) < 4.78 is 12.4. The highest BCUT2D eigenvalue weighted by atomic mass is 19.1. The minimum absolute atomic E-state index is 0.692. The number of hydrogen-bond acceptors (Lipinski definition) is 0. The second-order valence-electron chi connectivity index (χ2n) is 1.95. The Morgan fingerprint density at radius 3 is 2.78 bits per heavy atom. The molecule has 0 saturated heterocycles. The van der Waals surface area contributed by atoms with Crippen LogP contribution in [0.1, 0.15) is 18.7 Å². The van der Waals surface area contributed by atoms with Crippen LogP contribution in [0.2, 0.25) is 0 Å². The summed E-state index contributed by atoms with van der Waals surface area (Å²) in [5.74, 6) is 0. The van der Waals surface area contributed by atoms with E-state index in [0.29, 0.717) is 5.56 Å². The maximum absolute atomic E-state index is 12.4. The van der Waals surface area contributed by atoms with Crippen LogP contribution in [0.4, 0.5) is 4.39 Å². The van der Waals surface area contributed by atoms with Gasteiger partial charge in [-0.15, -0.1) is 0 Å². The molecule has 0 N–H and O–H groups in total.